The maximum atomic E-state index is 11.1. The Kier molecular flexibility index (Phi) is 3.44. The number of aromatic nitrogens is 1. The van der Waals surface area contributed by atoms with Crippen LogP contribution in [0.4, 0.5) is 5.13 Å². The average Bonchev–Trinajstić information content (AvgIpc) is 2.80. The van der Waals surface area contributed by atoms with E-state index in [1.165, 1.54) is 22.5 Å². The molecule has 0 saturated heterocycles. The van der Waals surface area contributed by atoms with Gasteiger partial charge in [0.1, 0.15) is 4.88 Å². The molecule has 0 saturated carbocycles. The fraction of sp³-hybridized carbons (Fsp3) is 0.333. The number of thiazole rings is 1. The predicted molar refractivity (Wildman–Crippen MR) is 79.6 cm³/mol. The molecule has 20 heavy (non-hydrogen) atoms. The van der Waals surface area contributed by atoms with Gasteiger partial charge in [-0.15, -0.1) is 0 Å². The third kappa shape index (κ3) is 2.41. The molecular weight excluding hydrogens is 272 g/mol. The molecule has 2 aromatic rings. The zero-order valence-corrected chi connectivity index (χ0v) is 12.0. The molecule has 4 nitrogen and oxygen atoms in total. The Morgan fingerprint density at radius 2 is 2.25 bits per heavy atom. The van der Waals surface area contributed by atoms with E-state index in [9.17, 15) is 4.79 Å². The molecule has 0 amide bonds. The number of carbonyl (C=O) groups is 1. The molecule has 0 bridgehead atoms. The van der Waals surface area contributed by atoms with E-state index in [0.717, 1.165) is 19.3 Å². The Hall–Kier alpha value is -1.88. The van der Waals surface area contributed by atoms with Crippen LogP contribution in [0.1, 0.15) is 45.4 Å². The molecule has 1 atom stereocenters. The summed E-state index contributed by atoms with van der Waals surface area (Å²) in [5.74, 6) is -0.905. The second-order valence-corrected chi connectivity index (χ2v) is 6.03. The molecule has 2 N–H and O–H groups in total. The first-order chi connectivity index (χ1) is 9.65. The zero-order valence-electron chi connectivity index (χ0n) is 11.2. The summed E-state index contributed by atoms with van der Waals surface area (Å²) in [6, 6.07) is 8.66. The van der Waals surface area contributed by atoms with Crippen LogP contribution in [0.2, 0.25) is 0 Å². The smallest absolute Gasteiger partial charge is 0.347 e. The van der Waals surface area contributed by atoms with Crippen molar-refractivity contribution in [3.8, 4) is 0 Å². The number of nitrogens with zero attached hydrogens (tertiary/aromatic N) is 1. The Morgan fingerprint density at radius 3 is 3.00 bits per heavy atom. The summed E-state index contributed by atoms with van der Waals surface area (Å²) in [7, 11) is 0. The van der Waals surface area contributed by atoms with E-state index in [4.69, 9.17) is 5.11 Å². The third-order valence-corrected chi connectivity index (χ3v) is 4.73. The van der Waals surface area contributed by atoms with Crippen molar-refractivity contribution in [3.05, 3.63) is 46.0 Å². The second kappa shape index (κ2) is 5.25. The lowest BCUT2D eigenvalue weighted by Crippen LogP contribution is -2.17. The van der Waals surface area contributed by atoms with E-state index in [1.54, 1.807) is 6.92 Å². The normalized spacial score (nSPS) is 17.6. The van der Waals surface area contributed by atoms with E-state index in [2.05, 4.69) is 34.6 Å². The highest BCUT2D eigenvalue weighted by Crippen LogP contribution is 2.34. The highest BCUT2D eigenvalue weighted by atomic mass is 32.1. The number of aryl methyl sites for hydroxylation is 2. The number of carboxylic acids is 1. The summed E-state index contributed by atoms with van der Waals surface area (Å²) in [4.78, 5) is 15.7. The highest BCUT2D eigenvalue weighted by molar-refractivity contribution is 7.17. The van der Waals surface area contributed by atoms with Crippen LogP contribution in [0.5, 0.6) is 0 Å². The van der Waals surface area contributed by atoms with Crippen molar-refractivity contribution in [2.75, 3.05) is 5.32 Å². The van der Waals surface area contributed by atoms with Gasteiger partial charge in [0.05, 0.1) is 11.7 Å². The maximum absolute atomic E-state index is 11.1. The maximum Gasteiger partial charge on any atom is 0.347 e. The average molecular weight is 288 g/mol. The summed E-state index contributed by atoms with van der Waals surface area (Å²) < 4.78 is 0. The first kappa shape index (κ1) is 13.1. The van der Waals surface area contributed by atoms with Crippen LogP contribution in [0.25, 0.3) is 0 Å². The number of rotatable bonds is 3. The van der Waals surface area contributed by atoms with Gasteiger partial charge in [-0.3, -0.25) is 0 Å². The van der Waals surface area contributed by atoms with Crippen molar-refractivity contribution in [2.45, 2.75) is 32.2 Å². The predicted octanol–water partition coefficient (Wildman–Crippen LogP) is 3.64. The first-order valence-electron chi connectivity index (χ1n) is 6.70. The van der Waals surface area contributed by atoms with Gasteiger partial charge in [-0.25, -0.2) is 9.78 Å². The highest BCUT2D eigenvalue weighted by Gasteiger charge is 2.22. The summed E-state index contributed by atoms with van der Waals surface area (Å²) in [6.45, 7) is 1.74. The number of anilines is 1. The molecule has 0 spiro atoms. The number of fused-ring (bicyclic) bond motifs is 1. The largest absolute Gasteiger partial charge is 0.477 e. The van der Waals surface area contributed by atoms with Crippen LogP contribution >= 0.6 is 11.3 Å². The van der Waals surface area contributed by atoms with Gasteiger partial charge < -0.3 is 10.4 Å². The Bertz CT molecular complexity index is 651. The molecule has 0 aliphatic heterocycles. The van der Waals surface area contributed by atoms with Crippen molar-refractivity contribution in [3.63, 3.8) is 0 Å². The molecule has 1 aromatic heterocycles. The van der Waals surface area contributed by atoms with Crippen molar-refractivity contribution in [1.82, 2.24) is 4.98 Å². The van der Waals surface area contributed by atoms with Crippen LogP contribution in [-0.4, -0.2) is 16.1 Å². The van der Waals surface area contributed by atoms with Gasteiger partial charge in [-0.2, -0.15) is 0 Å². The van der Waals surface area contributed by atoms with Gasteiger partial charge in [0.25, 0.3) is 0 Å². The molecule has 1 unspecified atom stereocenters. The Balaban J connectivity index is 1.86. The number of benzene rings is 1. The minimum absolute atomic E-state index is 0.229. The van der Waals surface area contributed by atoms with Gasteiger partial charge in [0, 0.05) is 0 Å². The van der Waals surface area contributed by atoms with Crippen LogP contribution < -0.4 is 5.32 Å². The lowest BCUT2D eigenvalue weighted by atomic mass is 9.88. The monoisotopic (exact) mass is 288 g/mol. The van der Waals surface area contributed by atoms with Crippen molar-refractivity contribution in [2.24, 2.45) is 0 Å². The van der Waals surface area contributed by atoms with Gasteiger partial charge in [0.2, 0.25) is 0 Å². The van der Waals surface area contributed by atoms with E-state index >= 15 is 0 Å². The van der Waals surface area contributed by atoms with Crippen LogP contribution in [0.3, 0.4) is 0 Å². The van der Waals surface area contributed by atoms with E-state index < -0.39 is 5.97 Å². The molecule has 0 fully saturated rings. The summed E-state index contributed by atoms with van der Waals surface area (Å²) in [6.07, 6.45) is 3.31. The molecule has 104 valence electrons. The molecule has 1 aliphatic rings. The summed E-state index contributed by atoms with van der Waals surface area (Å²) in [5.41, 5.74) is 3.26. The lowest BCUT2D eigenvalue weighted by molar-refractivity contribution is 0.0701. The number of hydrogen-bond donors (Lipinski definition) is 2. The second-order valence-electron chi connectivity index (χ2n) is 5.03. The fourth-order valence-electron chi connectivity index (χ4n) is 2.71. The van der Waals surface area contributed by atoms with Gasteiger partial charge in [-0.1, -0.05) is 35.6 Å². The minimum atomic E-state index is -0.905. The summed E-state index contributed by atoms with van der Waals surface area (Å²) in [5, 5.41) is 13.2. The van der Waals surface area contributed by atoms with E-state index in [-0.39, 0.29) is 6.04 Å². The topological polar surface area (TPSA) is 62.2 Å². The number of nitrogens with one attached hydrogen (secondary N) is 1. The first-order valence-corrected chi connectivity index (χ1v) is 7.52. The van der Waals surface area contributed by atoms with Gasteiger partial charge >= 0.3 is 5.97 Å². The van der Waals surface area contributed by atoms with E-state index in [1.807, 2.05) is 0 Å². The van der Waals surface area contributed by atoms with Gasteiger partial charge in [0.15, 0.2) is 5.13 Å². The lowest BCUT2D eigenvalue weighted by Gasteiger charge is -2.26. The third-order valence-electron chi connectivity index (χ3n) is 3.66. The quantitative estimate of drug-likeness (QED) is 0.905. The number of aromatic carboxylic acids is 1. The molecular formula is C15H16N2O2S. The Morgan fingerprint density at radius 1 is 1.45 bits per heavy atom. The van der Waals surface area contributed by atoms with Crippen LogP contribution in [-0.2, 0) is 6.42 Å². The Labute approximate surface area is 121 Å². The van der Waals surface area contributed by atoms with Crippen molar-refractivity contribution in [1.29, 1.82) is 0 Å². The SMILES string of the molecule is Cc1nc(NC2CCCc3ccccc32)sc1C(=O)O. The van der Waals surface area contributed by atoms with Gasteiger partial charge in [-0.05, 0) is 37.3 Å². The molecule has 3 rings (SSSR count). The van der Waals surface area contributed by atoms with Crippen LogP contribution in [0.15, 0.2) is 24.3 Å². The molecule has 1 aromatic carbocycles. The van der Waals surface area contributed by atoms with E-state index in [0.29, 0.717) is 15.7 Å². The molecule has 5 heteroatoms. The van der Waals surface area contributed by atoms with Crippen LogP contribution in [0, 0.1) is 6.92 Å². The summed E-state index contributed by atoms with van der Waals surface area (Å²) >= 11 is 1.21. The standard InChI is InChI=1S/C15H16N2O2S/c1-9-13(14(18)19)20-15(16-9)17-12-8-4-6-10-5-2-3-7-11(10)12/h2-3,5,7,12H,4,6,8H2,1H3,(H,16,17)(H,18,19). The van der Waals surface area contributed by atoms with Crippen molar-refractivity contribution < 1.29 is 9.90 Å². The minimum Gasteiger partial charge on any atom is -0.477 e. The molecule has 1 heterocycles. The number of hydrogen-bond acceptors (Lipinski definition) is 4. The zero-order chi connectivity index (χ0) is 14.1. The fourth-order valence-corrected chi connectivity index (χ4v) is 3.57. The van der Waals surface area contributed by atoms with Crippen molar-refractivity contribution >= 4 is 22.4 Å². The number of carboxylic acid groups (broad SMARTS) is 1. The molecule has 0 radical (unpaired) electrons. The molecule has 1 aliphatic carbocycles.